The number of anilines is 3. The molecule has 0 bridgehead atoms. The first-order valence-corrected chi connectivity index (χ1v) is 6.29. The molecule has 0 aromatic heterocycles. The van der Waals surface area contributed by atoms with Gasteiger partial charge in [0.1, 0.15) is 5.75 Å². The van der Waals surface area contributed by atoms with E-state index in [2.05, 4.69) is 15.1 Å². The van der Waals surface area contributed by atoms with Crippen molar-refractivity contribution in [3.05, 3.63) is 12.1 Å². The van der Waals surface area contributed by atoms with Crippen molar-refractivity contribution in [2.45, 2.75) is 0 Å². The number of nitrogen functional groups attached to an aromatic ring is 1. The van der Waals surface area contributed by atoms with Crippen LogP contribution in [0.25, 0.3) is 0 Å². The second-order valence-corrected chi connectivity index (χ2v) is 4.87. The molecule has 0 aliphatic heterocycles. The predicted molar refractivity (Wildman–Crippen MR) is 84.8 cm³/mol. The lowest BCUT2D eigenvalue weighted by Crippen LogP contribution is -2.29. The van der Waals surface area contributed by atoms with E-state index in [9.17, 15) is 0 Å². The first-order valence-electron chi connectivity index (χ1n) is 6.29. The van der Waals surface area contributed by atoms with Crippen LogP contribution in [-0.2, 0) is 0 Å². The number of likely N-dealkylation sites (N-methyl/N-ethyl adjacent to an activating group) is 2. The number of nitrogens with one attached hydrogen (secondary N) is 2. The van der Waals surface area contributed by atoms with Crippen LogP contribution in [0.3, 0.4) is 0 Å². The van der Waals surface area contributed by atoms with Crippen LogP contribution in [-0.4, -0.2) is 52.2 Å². The summed E-state index contributed by atoms with van der Waals surface area (Å²) in [6.45, 7) is 1.77. The van der Waals surface area contributed by atoms with Gasteiger partial charge in [-0.05, 0) is 20.2 Å². The number of benzene rings is 1. The minimum Gasteiger partial charge on any atom is -0.494 e. The smallest absolute Gasteiger partial charge is 0.190 e. The van der Waals surface area contributed by atoms with E-state index >= 15 is 0 Å². The molecule has 0 heterocycles. The third kappa shape index (κ3) is 4.20. The second-order valence-electron chi connectivity index (χ2n) is 4.87. The van der Waals surface area contributed by atoms with Gasteiger partial charge in [0.05, 0.1) is 24.2 Å². The van der Waals surface area contributed by atoms with Crippen molar-refractivity contribution < 1.29 is 4.74 Å². The minimum atomic E-state index is -0.156. The Kier molecular flexibility index (Phi) is 5.45. The standard InChI is InChI=1S/C13H24N6O/c1-18(2)5-6-19(3)11-8-12(20-4)10(7-9(11)14)17-13(15)16/h7-8H,5-6,14H2,1-4H3,(H4,15,16,17). The van der Waals surface area contributed by atoms with Crippen LogP contribution in [0, 0.1) is 5.41 Å². The molecular weight excluding hydrogens is 256 g/mol. The minimum absolute atomic E-state index is 0.156. The topological polar surface area (TPSA) is 104 Å². The maximum Gasteiger partial charge on any atom is 0.190 e. The zero-order valence-electron chi connectivity index (χ0n) is 12.5. The number of ether oxygens (including phenoxy) is 1. The molecule has 0 spiro atoms. The van der Waals surface area contributed by atoms with E-state index in [1.165, 1.54) is 0 Å². The Morgan fingerprint density at radius 3 is 2.45 bits per heavy atom. The van der Waals surface area contributed by atoms with Crippen LogP contribution < -0.4 is 26.4 Å². The van der Waals surface area contributed by atoms with Gasteiger partial charge in [-0.15, -0.1) is 0 Å². The number of hydrogen-bond donors (Lipinski definition) is 4. The molecule has 0 aliphatic carbocycles. The molecule has 20 heavy (non-hydrogen) atoms. The molecule has 0 atom stereocenters. The summed E-state index contributed by atoms with van der Waals surface area (Å²) in [6, 6.07) is 3.57. The van der Waals surface area contributed by atoms with Crippen molar-refractivity contribution in [3.8, 4) is 5.75 Å². The van der Waals surface area contributed by atoms with Crippen molar-refractivity contribution in [2.24, 2.45) is 5.73 Å². The van der Waals surface area contributed by atoms with Gasteiger partial charge in [0.2, 0.25) is 0 Å². The maximum absolute atomic E-state index is 7.28. The van der Waals surface area contributed by atoms with Gasteiger partial charge < -0.3 is 31.3 Å². The molecule has 0 saturated heterocycles. The largest absolute Gasteiger partial charge is 0.494 e. The zero-order chi connectivity index (χ0) is 15.3. The van der Waals surface area contributed by atoms with Crippen LogP contribution in [0.4, 0.5) is 17.1 Å². The Morgan fingerprint density at radius 2 is 1.95 bits per heavy atom. The fourth-order valence-corrected chi connectivity index (χ4v) is 1.80. The van der Waals surface area contributed by atoms with Crippen molar-refractivity contribution in [3.63, 3.8) is 0 Å². The predicted octanol–water partition coefficient (Wildman–Crippen LogP) is 0.581. The Hall–Kier alpha value is -2.15. The summed E-state index contributed by atoms with van der Waals surface area (Å²) in [7, 11) is 7.60. The lowest BCUT2D eigenvalue weighted by Gasteiger charge is -2.24. The average Bonchev–Trinajstić information content (AvgIpc) is 2.35. The molecule has 1 aromatic rings. The van der Waals surface area contributed by atoms with E-state index in [0.717, 1.165) is 18.8 Å². The maximum atomic E-state index is 7.28. The lowest BCUT2D eigenvalue weighted by atomic mass is 10.2. The molecule has 0 aliphatic rings. The van der Waals surface area contributed by atoms with E-state index < -0.39 is 0 Å². The first-order chi connectivity index (χ1) is 9.35. The molecule has 0 saturated carbocycles. The van der Waals surface area contributed by atoms with Gasteiger partial charge in [0, 0.05) is 26.2 Å². The highest BCUT2D eigenvalue weighted by atomic mass is 16.5. The van der Waals surface area contributed by atoms with Gasteiger partial charge in [0.15, 0.2) is 5.96 Å². The van der Waals surface area contributed by atoms with Gasteiger partial charge in [-0.2, -0.15) is 0 Å². The lowest BCUT2D eigenvalue weighted by molar-refractivity contribution is 0.413. The summed E-state index contributed by atoms with van der Waals surface area (Å²) in [5.41, 5.74) is 13.5. The van der Waals surface area contributed by atoms with Crippen LogP contribution >= 0.6 is 0 Å². The number of nitrogens with zero attached hydrogens (tertiary/aromatic N) is 2. The number of rotatable bonds is 6. The van der Waals surface area contributed by atoms with E-state index in [0.29, 0.717) is 17.1 Å². The monoisotopic (exact) mass is 280 g/mol. The van der Waals surface area contributed by atoms with Crippen LogP contribution in [0.2, 0.25) is 0 Å². The highest BCUT2D eigenvalue weighted by Gasteiger charge is 2.12. The first kappa shape index (κ1) is 15.9. The fraction of sp³-hybridized carbons (Fsp3) is 0.462. The third-order valence-electron chi connectivity index (χ3n) is 2.91. The fourth-order valence-electron chi connectivity index (χ4n) is 1.80. The molecule has 6 N–H and O–H groups in total. The number of methoxy groups -OCH3 is 1. The Bertz CT molecular complexity index is 474. The Morgan fingerprint density at radius 1 is 1.30 bits per heavy atom. The molecule has 112 valence electrons. The SMILES string of the molecule is COc1cc(N(C)CCN(C)C)c(N)cc1NC(=N)N. The van der Waals surface area contributed by atoms with Crippen molar-refractivity contribution in [1.29, 1.82) is 5.41 Å². The summed E-state index contributed by atoms with van der Waals surface area (Å²) < 4.78 is 5.31. The normalized spacial score (nSPS) is 10.4. The van der Waals surface area contributed by atoms with Crippen molar-refractivity contribution in [1.82, 2.24) is 4.90 Å². The van der Waals surface area contributed by atoms with Crippen LogP contribution in [0.1, 0.15) is 0 Å². The highest BCUT2D eigenvalue weighted by molar-refractivity contribution is 5.93. The quantitative estimate of drug-likeness (QED) is 0.345. The van der Waals surface area contributed by atoms with E-state index in [1.807, 2.05) is 27.2 Å². The molecule has 0 radical (unpaired) electrons. The molecule has 1 rings (SSSR count). The Labute approximate surface area is 120 Å². The zero-order valence-corrected chi connectivity index (χ0v) is 12.5. The number of hydrogen-bond acceptors (Lipinski definition) is 5. The van der Waals surface area contributed by atoms with Crippen molar-refractivity contribution in [2.75, 3.05) is 57.3 Å². The third-order valence-corrected chi connectivity index (χ3v) is 2.91. The number of guanidine groups is 1. The molecule has 7 heteroatoms. The van der Waals surface area contributed by atoms with Gasteiger partial charge >= 0.3 is 0 Å². The molecule has 1 aromatic carbocycles. The van der Waals surface area contributed by atoms with E-state index in [4.69, 9.17) is 21.6 Å². The highest BCUT2D eigenvalue weighted by Crippen LogP contribution is 2.34. The van der Waals surface area contributed by atoms with Crippen molar-refractivity contribution >= 4 is 23.0 Å². The summed E-state index contributed by atoms with van der Waals surface area (Å²) in [5.74, 6) is 0.442. The van der Waals surface area contributed by atoms with Crippen LogP contribution in [0.5, 0.6) is 5.75 Å². The van der Waals surface area contributed by atoms with Gasteiger partial charge in [-0.3, -0.25) is 5.41 Å². The molecule has 0 unspecified atom stereocenters. The summed E-state index contributed by atoms with van der Waals surface area (Å²) >= 11 is 0. The summed E-state index contributed by atoms with van der Waals surface area (Å²) in [6.07, 6.45) is 0. The van der Waals surface area contributed by atoms with Gasteiger partial charge in [-0.1, -0.05) is 0 Å². The van der Waals surface area contributed by atoms with E-state index in [-0.39, 0.29) is 5.96 Å². The molecule has 0 amide bonds. The molecule has 0 fully saturated rings. The second kappa shape index (κ2) is 6.85. The summed E-state index contributed by atoms with van der Waals surface area (Å²) in [4.78, 5) is 4.17. The Balaban J connectivity index is 3.00. The van der Waals surface area contributed by atoms with Crippen LogP contribution in [0.15, 0.2) is 12.1 Å². The molecular formula is C13H24N6O. The molecule has 7 nitrogen and oxygen atoms in total. The number of nitrogens with two attached hydrogens (primary N) is 2. The van der Waals surface area contributed by atoms with Gasteiger partial charge in [-0.25, -0.2) is 0 Å². The summed E-state index contributed by atoms with van der Waals surface area (Å²) in [5, 5.41) is 9.99. The van der Waals surface area contributed by atoms with Gasteiger partial charge in [0.25, 0.3) is 0 Å². The average molecular weight is 280 g/mol. The van der Waals surface area contributed by atoms with E-state index in [1.54, 1.807) is 13.2 Å².